The molecule has 0 aliphatic heterocycles. The lowest BCUT2D eigenvalue weighted by Crippen LogP contribution is -2.35. The van der Waals surface area contributed by atoms with Crippen LogP contribution in [0.2, 0.25) is 0 Å². The summed E-state index contributed by atoms with van der Waals surface area (Å²) in [6.07, 6.45) is -4.61. The number of carbonyl (C=O) groups excluding carboxylic acids is 1. The second kappa shape index (κ2) is 13.3. The molecule has 3 heterocycles. The van der Waals surface area contributed by atoms with Crippen molar-refractivity contribution in [2.75, 3.05) is 11.0 Å². The molecule has 1 saturated carbocycles. The third-order valence-electron chi connectivity index (χ3n) is 9.40. The highest BCUT2D eigenvalue weighted by Crippen LogP contribution is 2.68. The number of fused-ring (bicyclic) bond motifs is 4. The van der Waals surface area contributed by atoms with Crippen molar-refractivity contribution in [2.45, 2.75) is 62.8 Å². The summed E-state index contributed by atoms with van der Waals surface area (Å²) in [4.78, 5) is 18.6. The van der Waals surface area contributed by atoms with Gasteiger partial charge < -0.3 is 11.1 Å². The summed E-state index contributed by atoms with van der Waals surface area (Å²) in [6, 6.07) is 9.34. The van der Waals surface area contributed by atoms with Gasteiger partial charge in [0.15, 0.2) is 11.5 Å². The SMILES string of the molecule is Cn1nc(NS(C)(=O)=O)c2cccc(-c3ccc(C#CC(C)(C)N)nc3C(Cc3cc(F)cc(F)c3)NC(=O)Cn3nc(C(F)(F)F)c4c3C(F)(F)[C@@H]3C[C@H]43)c21. The normalized spacial score (nSPS) is 17.9. The molecule has 0 bridgehead atoms. The highest BCUT2D eigenvalue weighted by atomic mass is 32.2. The Morgan fingerprint density at radius 3 is 2.41 bits per heavy atom. The zero-order valence-corrected chi connectivity index (χ0v) is 30.9. The van der Waals surface area contributed by atoms with Crippen molar-refractivity contribution in [1.82, 2.24) is 29.9 Å². The Hall–Kier alpha value is -5.48. The summed E-state index contributed by atoms with van der Waals surface area (Å²) in [5.74, 6) is -3.28. The summed E-state index contributed by atoms with van der Waals surface area (Å²) in [7, 11) is -2.21. The number of benzene rings is 2. The molecule has 19 heteroatoms. The second-order valence-electron chi connectivity index (χ2n) is 14.6. The number of sulfonamides is 1. The highest BCUT2D eigenvalue weighted by Gasteiger charge is 2.68. The van der Waals surface area contributed by atoms with Crippen LogP contribution in [0.4, 0.5) is 36.6 Å². The largest absolute Gasteiger partial charge is 0.435 e. The number of pyridine rings is 1. The first kappa shape index (κ1) is 38.8. The smallest absolute Gasteiger partial charge is 0.346 e. The van der Waals surface area contributed by atoms with Crippen LogP contribution in [0.5, 0.6) is 0 Å². The lowest BCUT2D eigenvalue weighted by atomic mass is 9.93. The maximum atomic E-state index is 15.4. The minimum absolute atomic E-state index is 0.00790. The van der Waals surface area contributed by atoms with Crippen LogP contribution in [0.25, 0.3) is 22.0 Å². The topological polar surface area (TPSA) is 150 Å². The molecular weight excluding hydrogens is 770 g/mol. The number of para-hydroxylation sites is 1. The van der Waals surface area contributed by atoms with E-state index in [2.05, 4.69) is 32.1 Å². The molecule has 2 aliphatic rings. The van der Waals surface area contributed by atoms with Gasteiger partial charge in [0.1, 0.15) is 29.6 Å². The Balaban J connectivity index is 1.38. The van der Waals surface area contributed by atoms with Gasteiger partial charge in [-0.25, -0.2) is 22.2 Å². The zero-order chi connectivity index (χ0) is 40.7. The number of halogens is 7. The Labute approximate surface area is 315 Å². The third kappa shape index (κ3) is 7.54. The zero-order valence-electron chi connectivity index (χ0n) is 30.1. The van der Waals surface area contributed by atoms with Gasteiger partial charge in [-0.1, -0.05) is 18.1 Å². The van der Waals surface area contributed by atoms with Crippen molar-refractivity contribution in [2.24, 2.45) is 18.7 Å². The van der Waals surface area contributed by atoms with Gasteiger partial charge in [-0.15, -0.1) is 0 Å². The number of rotatable bonds is 9. The maximum absolute atomic E-state index is 15.4. The average Bonchev–Trinajstić information content (AvgIpc) is 3.61. The van der Waals surface area contributed by atoms with E-state index in [1.165, 1.54) is 4.68 Å². The van der Waals surface area contributed by atoms with Crippen LogP contribution in [-0.4, -0.2) is 50.7 Å². The molecule has 7 rings (SSSR count). The fraction of sp³-hybridized carbons (Fsp3) is 0.351. The third-order valence-corrected chi connectivity index (χ3v) is 9.96. The van der Waals surface area contributed by atoms with E-state index in [1.807, 2.05) is 0 Å². The molecular formula is C37H33F7N8O3S. The number of nitrogens with zero attached hydrogens (tertiary/aromatic N) is 5. The van der Waals surface area contributed by atoms with Crippen LogP contribution in [0.3, 0.4) is 0 Å². The average molecular weight is 803 g/mol. The Morgan fingerprint density at radius 2 is 1.77 bits per heavy atom. The summed E-state index contributed by atoms with van der Waals surface area (Å²) in [5.41, 5.74) is 3.34. The van der Waals surface area contributed by atoms with E-state index in [0.717, 1.165) is 18.4 Å². The predicted molar refractivity (Wildman–Crippen MR) is 190 cm³/mol. The molecule has 1 fully saturated rings. The minimum Gasteiger partial charge on any atom is -0.346 e. The number of nitrogens with two attached hydrogens (primary N) is 1. The number of anilines is 1. The number of alkyl halides is 5. The first-order valence-electron chi connectivity index (χ1n) is 17.1. The van der Waals surface area contributed by atoms with E-state index in [9.17, 15) is 35.2 Å². The van der Waals surface area contributed by atoms with Crippen molar-refractivity contribution < 1.29 is 43.9 Å². The van der Waals surface area contributed by atoms with Crippen molar-refractivity contribution in [3.05, 3.63) is 94.1 Å². The summed E-state index contributed by atoms with van der Waals surface area (Å²) in [5, 5.41) is 10.8. The fourth-order valence-corrected chi connectivity index (χ4v) is 7.72. The summed E-state index contributed by atoms with van der Waals surface area (Å²) in [6.45, 7) is 2.23. The van der Waals surface area contributed by atoms with Crippen LogP contribution >= 0.6 is 0 Å². The number of hydrogen-bond donors (Lipinski definition) is 3. The van der Waals surface area contributed by atoms with Crippen LogP contribution in [0.15, 0.2) is 48.5 Å². The molecule has 1 amide bonds. The molecule has 1 unspecified atom stereocenters. The predicted octanol–water partition coefficient (Wildman–Crippen LogP) is 5.90. The quantitative estimate of drug-likeness (QED) is 0.124. The first-order chi connectivity index (χ1) is 26.0. The van der Waals surface area contributed by atoms with Crippen molar-refractivity contribution in [1.29, 1.82) is 0 Å². The van der Waals surface area contributed by atoms with E-state index in [1.54, 1.807) is 51.2 Å². The number of nitrogens with one attached hydrogen (secondary N) is 2. The summed E-state index contributed by atoms with van der Waals surface area (Å²) < 4.78 is 130. The molecule has 0 radical (unpaired) electrons. The molecule has 4 N–H and O–H groups in total. The number of aromatic nitrogens is 5. The van der Waals surface area contributed by atoms with E-state index >= 15 is 8.78 Å². The number of aryl methyl sites for hydroxylation is 1. The van der Waals surface area contributed by atoms with Gasteiger partial charge in [0, 0.05) is 41.1 Å². The van der Waals surface area contributed by atoms with Gasteiger partial charge >= 0.3 is 6.18 Å². The molecule has 3 aromatic heterocycles. The van der Waals surface area contributed by atoms with Crippen LogP contribution in [0.1, 0.15) is 66.1 Å². The standard InChI is InChI=1S/C37H33F7N8O3S/c1-35(2,45)11-10-21-8-9-22(23-6-5-7-24-31(23)51(3)49-34(24)50-56(4,54)55)30(46-21)27(14-18-12-19(38)15-20(39)13-18)47-28(53)17-52-33-29(32(48-52)37(42,43)44)25-16-26(25)36(33,40)41/h5-9,12-13,15,25-27H,14,16-17,45H2,1-4H3,(H,47,53)(H,49,50)/t25-,26+,27?/m0/s1. The lowest BCUT2D eigenvalue weighted by molar-refractivity contribution is -0.142. The molecule has 2 aromatic carbocycles. The molecule has 3 atom stereocenters. The van der Waals surface area contributed by atoms with Gasteiger partial charge in [-0.05, 0) is 74.4 Å². The minimum atomic E-state index is -5.06. The van der Waals surface area contributed by atoms with Crippen LogP contribution in [0, 0.1) is 29.4 Å². The Bertz CT molecular complexity index is 2580. The van der Waals surface area contributed by atoms with Gasteiger partial charge in [0.05, 0.1) is 29.0 Å². The number of hydrogen-bond acceptors (Lipinski definition) is 7. The van der Waals surface area contributed by atoms with E-state index in [0.29, 0.717) is 32.8 Å². The van der Waals surface area contributed by atoms with Gasteiger partial charge in [-0.2, -0.15) is 32.1 Å². The second-order valence-corrected chi connectivity index (χ2v) is 16.3. The molecule has 0 spiro atoms. The van der Waals surface area contributed by atoms with Crippen LogP contribution < -0.4 is 15.8 Å². The molecule has 11 nitrogen and oxygen atoms in total. The number of carbonyl (C=O) groups is 1. The Kier molecular flexibility index (Phi) is 9.23. The summed E-state index contributed by atoms with van der Waals surface area (Å²) >= 11 is 0. The van der Waals surface area contributed by atoms with Gasteiger partial charge in [0.25, 0.3) is 5.92 Å². The Morgan fingerprint density at radius 1 is 1.07 bits per heavy atom. The highest BCUT2D eigenvalue weighted by molar-refractivity contribution is 7.92. The number of amides is 1. The molecule has 0 saturated heterocycles. The van der Waals surface area contributed by atoms with E-state index in [-0.39, 0.29) is 35.6 Å². The van der Waals surface area contributed by atoms with Crippen LogP contribution in [-0.2, 0) is 46.9 Å². The maximum Gasteiger partial charge on any atom is 0.435 e. The van der Waals surface area contributed by atoms with Gasteiger partial charge in [-0.3, -0.25) is 18.9 Å². The van der Waals surface area contributed by atoms with Crippen molar-refractivity contribution in [3.8, 4) is 23.0 Å². The molecule has 5 aromatic rings. The monoisotopic (exact) mass is 802 g/mol. The molecule has 56 heavy (non-hydrogen) atoms. The van der Waals surface area contributed by atoms with Gasteiger partial charge in [0.2, 0.25) is 15.9 Å². The van der Waals surface area contributed by atoms with Crippen molar-refractivity contribution >= 4 is 32.7 Å². The fourth-order valence-electron chi connectivity index (χ4n) is 7.22. The molecule has 294 valence electrons. The van der Waals surface area contributed by atoms with E-state index < -0.39 is 86.6 Å². The van der Waals surface area contributed by atoms with E-state index in [4.69, 9.17) is 10.7 Å². The van der Waals surface area contributed by atoms with Crippen molar-refractivity contribution in [3.63, 3.8) is 0 Å². The molecule has 2 aliphatic carbocycles. The lowest BCUT2D eigenvalue weighted by Gasteiger charge is -2.23. The first-order valence-corrected chi connectivity index (χ1v) is 19.0.